The Balaban J connectivity index is 2.45. The Bertz CT molecular complexity index is 474. The highest BCUT2D eigenvalue weighted by molar-refractivity contribution is 9.10. The van der Waals surface area contributed by atoms with Crippen molar-refractivity contribution in [1.29, 1.82) is 0 Å². The number of aromatic nitrogens is 2. The standard InChI is InChI=1S/C12H14BrN3/c1-9-2-4-10(5-3-9)12-11(13)8-15-16(12)7-6-14/h2-5,8H,6-7,14H2,1H3. The number of aryl methyl sites for hydroxylation is 1. The van der Waals surface area contributed by atoms with Crippen molar-refractivity contribution in [2.45, 2.75) is 13.5 Å². The lowest BCUT2D eigenvalue weighted by atomic mass is 10.1. The van der Waals surface area contributed by atoms with Crippen LogP contribution in [0.4, 0.5) is 0 Å². The minimum absolute atomic E-state index is 0.590. The smallest absolute Gasteiger partial charge is 0.0825 e. The lowest BCUT2D eigenvalue weighted by molar-refractivity contribution is 0.631. The van der Waals surface area contributed by atoms with E-state index >= 15 is 0 Å². The van der Waals surface area contributed by atoms with Crippen LogP contribution in [0.1, 0.15) is 5.56 Å². The van der Waals surface area contributed by atoms with Gasteiger partial charge in [-0.3, -0.25) is 4.68 Å². The molecule has 0 spiro atoms. The van der Waals surface area contributed by atoms with Crippen LogP contribution in [0.3, 0.4) is 0 Å². The minimum atomic E-state index is 0.590. The number of benzene rings is 1. The van der Waals surface area contributed by atoms with Crippen molar-refractivity contribution in [3.63, 3.8) is 0 Å². The van der Waals surface area contributed by atoms with E-state index in [1.165, 1.54) is 5.56 Å². The first-order valence-corrected chi connectivity index (χ1v) is 6.00. The normalized spacial score (nSPS) is 10.7. The van der Waals surface area contributed by atoms with E-state index in [9.17, 15) is 0 Å². The van der Waals surface area contributed by atoms with Crippen LogP contribution in [0.15, 0.2) is 34.9 Å². The molecule has 0 saturated carbocycles. The molecule has 84 valence electrons. The Morgan fingerprint density at radius 3 is 2.62 bits per heavy atom. The van der Waals surface area contributed by atoms with Crippen LogP contribution >= 0.6 is 15.9 Å². The molecule has 0 atom stereocenters. The van der Waals surface area contributed by atoms with Crippen molar-refractivity contribution >= 4 is 15.9 Å². The van der Waals surface area contributed by atoms with E-state index in [2.05, 4.69) is 52.2 Å². The molecular formula is C12H14BrN3. The molecule has 2 N–H and O–H groups in total. The first-order valence-electron chi connectivity index (χ1n) is 5.21. The number of hydrogen-bond donors (Lipinski definition) is 1. The Labute approximate surface area is 103 Å². The summed E-state index contributed by atoms with van der Waals surface area (Å²) in [6, 6.07) is 8.40. The van der Waals surface area contributed by atoms with Gasteiger partial charge in [-0.1, -0.05) is 29.8 Å². The average Bonchev–Trinajstić information content (AvgIpc) is 2.62. The zero-order chi connectivity index (χ0) is 11.5. The third-order valence-corrected chi connectivity index (χ3v) is 3.04. The summed E-state index contributed by atoms with van der Waals surface area (Å²) in [6.45, 7) is 3.40. The van der Waals surface area contributed by atoms with E-state index in [-0.39, 0.29) is 0 Å². The third-order valence-electron chi connectivity index (χ3n) is 2.46. The Morgan fingerprint density at radius 2 is 2.00 bits per heavy atom. The Morgan fingerprint density at radius 1 is 1.31 bits per heavy atom. The zero-order valence-electron chi connectivity index (χ0n) is 9.15. The largest absolute Gasteiger partial charge is 0.329 e. The van der Waals surface area contributed by atoms with Gasteiger partial charge in [0, 0.05) is 12.1 Å². The second kappa shape index (κ2) is 4.80. The van der Waals surface area contributed by atoms with E-state index in [4.69, 9.17) is 5.73 Å². The number of halogens is 1. The van der Waals surface area contributed by atoms with Crippen molar-refractivity contribution in [1.82, 2.24) is 9.78 Å². The fourth-order valence-corrected chi connectivity index (χ4v) is 2.18. The SMILES string of the molecule is Cc1ccc(-c2c(Br)cnn2CCN)cc1. The predicted octanol–water partition coefficient (Wildman–Crippen LogP) is 2.58. The van der Waals surface area contributed by atoms with Crippen LogP contribution in [-0.4, -0.2) is 16.3 Å². The van der Waals surface area contributed by atoms with Crippen LogP contribution in [0.5, 0.6) is 0 Å². The fraction of sp³-hybridized carbons (Fsp3) is 0.250. The zero-order valence-corrected chi connectivity index (χ0v) is 10.7. The molecule has 0 radical (unpaired) electrons. The minimum Gasteiger partial charge on any atom is -0.329 e. The monoisotopic (exact) mass is 279 g/mol. The molecule has 0 unspecified atom stereocenters. The number of nitrogens with two attached hydrogens (primary N) is 1. The molecule has 0 amide bonds. The molecule has 16 heavy (non-hydrogen) atoms. The average molecular weight is 280 g/mol. The molecule has 0 aliphatic carbocycles. The van der Waals surface area contributed by atoms with Gasteiger partial charge >= 0.3 is 0 Å². The molecule has 0 bridgehead atoms. The summed E-state index contributed by atoms with van der Waals surface area (Å²) in [7, 11) is 0. The van der Waals surface area contributed by atoms with Crippen molar-refractivity contribution in [3.8, 4) is 11.3 Å². The molecule has 1 aromatic carbocycles. The molecule has 0 saturated heterocycles. The van der Waals surface area contributed by atoms with Crippen LogP contribution in [0.2, 0.25) is 0 Å². The fourth-order valence-electron chi connectivity index (χ4n) is 1.65. The summed E-state index contributed by atoms with van der Waals surface area (Å²) in [4.78, 5) is 0. The van der Waals surface area contributed by atoms with Crippen molar-refractivity contribution < 1.29 is 0 Å². The highest BCUT2D eigenvalue weighted by Crippen LogP contribution is 2.28. The summed E-state index contributed by atoms with van der Waals surface area (Å²) in [6.07, 6.45) is 1.81. The molecule has 3 nitrogen and oxygen atoms in total. The maximum Gasteiger partial charge on any atom is 0.0825 e. The van der Waals surface area contributed by atoms with Gasteiger partial charge in [-0.2, -0.15) is 5.10 Å². The van der Waals surface area contributed by atoms with Gasteiger partial charge in [0.1, 0.15) is 0 Å². The quantitative estimate of drug-likeness (QED) is 0.939. The summed E-state index contributed by atoms with van der Waals surface area (Å²) < 4.78 is 2.93. The van der Waals surface area contributed by atoms with Gasteiger partial charge in [-0.05, 0) is 22.9 Å². The second-order valence-electron chi connectivity index (χ2n) is 3.72. The predicted molar refractivity (Wildman–Crippen MR) is 69.2 cm³/mol. The van der Waals surface area contributed by atoms with E-state index in [0.717, 1.165) is 22.3 Å². The van der Waals surface area contributed by atoms with Crippen LogP contribution in [-0.2, 0) is 6.54 Å². The molecule has 2 rings (SSSR count). The molecule has 1 aromatic heterocycles. The van der Waals surface area contributed by atoms with Crippen molar-refractivity contribution in [2.75, 3.05) is 6.54 Å². The maximum absolute atomic E-state index is 5.56. The van der Waals surface area contributed by atoms with E-state index in [1.807, 2.05) is 10.9 Å². The number of hydrogen-bond acceptors (Lipinski definition) is 2. The summed E-state index contributed by atoms with van der Waals surface area (Å²) >= 11 is 3.52. The molecule has 0 fully saturated rings. The maximum atomic E-state index is 5.56. The highest BCUT2D eigenvalue weighted by Gasteiger charge is 2.10. The topological polar surface area (TPSA) is 43.8 Å². The second-order valence-corrected chi connectivity index (χ2v) is 4.57. The lowest BCUT2D eigenvalue weighted by Crippen LogP contribution is -2.12. The number of rotatable bonds is 3. The molecule has 0 aliphatic heterocycles. The van der Waals surface area contributed by atoms with Gasteiger partial charge in [-0.15, -0.1) is 0 Å². The Hall–Kier alpha value is -1.13. The van der Waals surface area contributed by atoms with Crippen LogP contribution in [0.25, 0.3) is 11.3 Å². The summed E-state index contributed by atoms with van der Waals surface area (Å²) in [5.74, 6) is 0. The molecule has 2 aromatic rings. The third kappa shape index (κ3) is 2.18. The first kappa shape index (κ1) is 11.4. The van der Waals surface area contributed by atoms with Gasteiger partial charge < -0.3 is 5.73 Å². The number of nitrogens with zero attached hydrogens (tertiary/aromatic N) is 2. The van der Waals surface area contributed by atoms with E-state index < -0.39 is 0 Å². The van der Waals surface area contributed by atoms with Gasteiger partial charge in [-0.25, -0.2) is 0 Å². The van der Waals surface area contributed by atoms with E-state index in [0.29, 0.717) is 6.54 Å². The molecule has 4 heteroatoms. The van der Waals surface area contributed by atoms with Crippen LogP contribution < -0.4 is 5.73 Å². The molecular weight excluding hydrogens is 266 g/mol. The first-order chi connectivity index (χ1) is 7.72. The van der Waals surface area contributed by atoms with Crippen molar-refractivity contribution in [2.24, 2.45) is 5.73 Å². The Kier molecular flexibility index (Phi) is 3.41. The summed E-state index contributed by atoms with van der Waals surface area (Å²) in [5, 5.41) is 4.29. The van der Waals surface area contributed by atoms with Gasteiger partial charge in [0.2, 0.25) is 0 Å². The van der Waals surface area contributed by atoms with Gasteiger partial charge in [0.15, 0.2) is 0 Å². The summed E-state index contributed by atoms with van der Waals surface area (Å²) in [5.41, 5.74) is 9.06. The van der Waals surface area contributed by atoms with Crippen LogP contribution in [0, 0.1) is 6.92 Å². The molecule has 0 aliphatic rings. The van der Waals surface area contributed by atoms with E-state index in [1.54, 1.807) is 0 Å². The van der Waals surface area contributed by atoms with Gasteiger partial charge in [0.05, 0.1) is 22.9 Å². The molecule has 1 heterocycles. The lowest BCUT2D eigenvalue weighted by Gasteiger charge is -2.07. The van der Waals surface area contributed by atoms with Crippen molar-refractivity contribution in [3.05, 3.63) is 40.5 Å². The highest BCUT2D eigenvalue weighted by atomic mass is 79.9. The van der Waals surface area contributed by atoms with Gasteiger partial charge in [0.25, 0.3) is 0 Å².